The summed E-state index contributed by atoms with van der Waals surface area (Å²) in [6.07, 6.45) is 8.10. The van der Waals surface area contributed by atoms with Crippen molar-refractivity contribution in [2.45, 2.75) is 57.8 Å². The van der Waals surface area contributed by atoms with Gasteiger partial charge in [0.1, 0.15) is 5.82 Å². The molecule has 6 heteroatoms. The molecule has 1 amide bonds. The van der Waals surface area contributed by atoms with Gasteiger partial charge in [0.2, 0.25) is 5.91 Å². The number of hydrogen-bond donors (Lipinski definition) is 1. The van der Waals surface area contributed by atoms with E-state index in [1.807, 2.05) is 6.92 Å². The SMILES string of the molecule is CC(C(N)=O)C1CCC(CCN2CCC(c3noc4cc(F)ccc34)CC2)CC1. The molecule has 2 heterocycles. The van der Waals surface area contributed by atoms with E-state index in [1.165, 1.54) is 31.4 Å². The Morgan fingerprint density at radius 1 is 1.24 bits per heavy atom. The number of nitrogens with zero attached hydrogens (tertiary/aromatic N) is 2. The minimum Gasteiger partial charge on any atom is -0.369 e. The van der Waals surface area contributed by atoms with E-state index in [-0.39, 0.29) is 17.6 Å². The minimum absolute atomic E-state index is 0.0130. The highest BCUT2D eigenvalue weighted by atomic mass is 19.1. The molecule has 1 aromatic heterocycles. The third-order valence-electron chi connectivity index (χ3n) is 7.34. The number of fused-ring (bicyclic) bond motifs is 1. The topological polar surface area (TPSA) is 72.4 Å². The first-order chi connectivity index (χ1) is 14.0. The number of piperidine rings is 1. The zero-order valence-corrected chi connectivity index (χ0v) is 17.3. The fourth-order valence-corrected chi connectivity index (χ4v) is 5.23. The van der Waals surface area contributed by atoms with Crippen LogP contribution < -0.4 is 5.73 Å². The molecule has 1 saturated carbocycles. The Hall–Kier alpha value is -1.95. The Morgan fingerprint density at radius 2 is 1.97 bits per heavy atom. The van der Waals surface area contributed by atoms with Crippen LogP contribution >= 0.6 is 0 Å². The molecule has 0 radical (unpaired) electrons. The van der Waals surface area contributed by atoms with Gasteiger partial charge in [-0.15, -0.1) is 0 Å². The second-order valence-electron chi connectivity index (χ2n) is 9.08. The minimum atomic E-state index is -0.284. The second-order valence-corrected chi connectivity index (χ2v) is 9.08. The lowest BCUT2D eigenvalue weighted by atomic mass is 9.75. The lowest BCUT2D eigenvalue weighted by Crippen LogP contribution is -2.35. The van der Waals surface area contributed by atoms with E-state index in [2.05, 4.69) is 10.1 Å². The molecule has 2 N–H and O–H groups in total. The summed E-state index contributed by atoms with van der Waals surface area (Å²) in [5.74, 6) is 1.22. The molecule has 2 aromatic rings. The fourth-order valence-electron chi connectivity index (χ4n) is 5.23. The molecule has 1 atom stereocenters. The van der Waals surface area contributed by atoms with Crippen LogP contribution in [0.5, 0.6) is 0 Å². The highest BCUT2D eigenvalue weighted by Gasteiger charge is 2.29. The number of rotatable bonds is 6. The van der Waals surface area contributed by atoms with E-state index in [4.69, 9.17) is 10.3 Å². The number of halogens is 1. The molecule has 1 aromatic carbocycles. The first kappa shape index (κ1) is 20.3. The maximum Gasteiger partial charge on any atom is 0.220 e. The summed E-state index contributed by atoms with van der Waals surface area (Å²) in [4.78, 5) is 14.0. The van der Waals surface area contributed by atoms with Crippen LogP contribution in [0.15, 0.2) is 22.7 Å². The Bertz CT molecular complexity index is 836. The maximum atomic E-state index is 13.4. The summed E-state index contributed by atoms with van der Waals surface area (Å²) >= 11 is 0. The van der Waals surface area contributed by atoms with Gasteiger partial charge in [0.25, 0.3) is 0 Å². The van der Waals surface area contributed by atoms with E-state index in [0.717, 1.165) is 62.3 Å². The summed E-state index contributed by atoms with van der Waals surface area (Å²) in [5.41, 5.74) is 7.00. The number of benzene rings is 1. The summed E-state index contributed by atoms with van der Waals surface area (Å²) in [6.45, 7) is 5.28. The molecule has 4 rings (SSSR count). The second kappa shape index (κ2) is 8.82. The molecule has 1 unspecified atom stereocenters. The van der Waals surface area contributed by atoms with Crippen LogP contribution in [0.3, 0.4) is 0 Å². The highest BCUT2D eigenvalue weighted by Crippen LogP contribution is 2.36. The van der Waals surface area contributed by atoms with Crippen LogP contribution in [-0.2, 0) is 4.79 Å². The summed E-state index contributed by atoms with van der Waals surface area (Å²) < 4.78 is 18.7. The molecule has 158 valence electrons. The lowest BCUT2D eigenvalue weighted by Gasteiger charge is -2.34. The van der Waals surface area contributed by atoms with Gasteiger partial charge in [-0.05, 0) is 75.7 Å². The van der Waals surface area contributed by atoms with Crippen molar-refractivity contribution < 1.29 is 13.7 Å². The quantitative estimate of drug-likeness (QED) is 0.775. The standard InChI is InChI=1S/C23H32FN3O2/c1-15(23(25)28)17-4-2-16(3-5-17)8-11-27-12-9-18(10-13-27)22-20-7-6-19(24)14-21(20)29-26-22/h6-7,14-18H,2-5,8-13H2,1H3,(H2,25,28). The molecule has 29 heavy (non-hydrogen) atoms. The van der Waals surface area contributed by atoms with Crippen LogP contribution in [0.1, 0.15) is 63.5 Å². The number of amides is 1. The van der Waals surface area contributed by atoms with Gasteiger partial charge >= 0.3 is 0 Å². The molecule has 2 fully saturated rings. The van der Waals surface area contributed by atoms with Crippen molar-refractivity contribution in [3.05, 3.63) is 29.7 Å². The number of likely N-dealkylation sites (tertiary alicyclic amines) is 1. The van der Waals surface area contributed by atoms with Gasteiger partial charge in [-0.1, -0.05) is 24.9 Å². The number of carbonyl (C=O) groups excluding carboxylic acids is 1. The van der Waals surface area contributed by atoms with Crippen molar-refractivity contribution >= 4 is 16.9 Å². The fraction of sp³-hybridized carbons (Fsp3) is 0.652. The first-order valence-corrected chi connectivity index (χ1v) is 11.1. The number of carbonyl (C=O) groups is 1. The van der Waals surface area contributed by atoms with E-state index in [0.29, 0.717) is 17.4 Å². The van der Waals surface area contributed by atoms with Crippen molar-refractivity contribution in [1.82, 2.24) is 10.1 Å². The third-order valence-corrected chi connectivity index (χ3v) is 7.34. The van der Waals surface area contributed by atoms with Gasteiger partial charge in [0, 0.05) is 23.3 Å². The third kappa shape index (κ3) is 4.63. The summed E-state index contributed by atoms with van der Waals surface area (Å²) in [5, 5.41) is 5.20. The Balaban J connectivity index is 1.22. The van der Waals surface area contributed by atoms with Gasteiger partial charge in [-0.2, -0.15) is 0 Å². The van der Waals surface area contributed by atoms with Crippen LogP contribution in [-0.4, -0.2) is 35.6 Å². The van der Waals surface area contributed by atoms with Crippen LogP contribution in [0.25, 0.3) is 11.0 Å². The van der Waals surface area contributed by atoms with Crippen LogP contribution in [0.4, 0.5) is 4.39 Å². The average Bonchev–Trinajstić information content (AvgIpc) is 3.15. The van der Waals surface area contributed by atoms with Crippen molar-refractivity contribution in [3.8, 4) is 0 Å². The molecule has 2 aliphatic rings. The highest BCUT2D eigenvalue weighted by molar-refractivity contribution is 5.80. The van der Waals surface area contributed by atoms with Gasteiger partial charge in [-0.3, -0.25) is 4.79 Å². The molecule has 1 aliphatic carbocycles. The molecule has 1 saturated heterocycles. The Morgan fingerprint density at radius 3 is 2.66 bits per heavy atom. The Labute approximate surface area is 171 Å². The number of primary amides is 1. The maximum absolute atomic E-state index is 13.4. The van der Waals surface area contributed by atoms with Crippen LogP contribution in [0.2, 0.25) is 0 Å². The van der Waals surface area contributed by atoms with Crippen molar-refractivity contribution in [3.63, 3.8) is 0 Å². The molecular formula is C23H32FN3O2. The number of aromatic nitrogens is 1. The van der Waals surface area contributed by atoms with Gasteiger partial charge in [0.05, 0.1) is 5.69 Å². The van der Waals surface area contributed by atoms with E-state index < -0.39 is 0 Å². The largest absolute Gasteiger partial charge is 0.369 e. The number of nitrogens with two attached hydrogens (primary N) is 1. The first-order valence-electron chi connectivity index (χ1n) is 11.1. The Kier molecular flexibility index (Phi) is 6.18. The monoisotopic (exact) mass is 401 g/mol. The van der Waals surface area contributed by atoms with Crippen molar-refractivity contribution in [2.75, 3.05) is 19.6 Å². The molecule has 0 spiro atoms. The lowest BCUT2D eigenvalue weighted by molar-refractivity contribution is -0.123. The zero-order chi connectivity index (χ0) is 20.4. The molecule has 5 nitrogen and oxygen atoms in total. The molecule has 1 aliphatic heterocycles. The molecular weight excluding hydrogens is 369 g/mol. The van der Waals surface area contributed by atoms with Gasteiger partial charge in [0.15, 0.2) is 5.58 Å². The zero-order valence-electron chi connectivity index (χ0n) is 17.3. The van der Waals surface area contributed by atoms with Crippen molar-refractivity contribution in [1.29, 1.82) is 0 Å². The van der Waals surface area contributed by atoms with E-state index in [9.17, 15) is 9.18 Å². The summed E-state index contributed by atoms with van der Waals surface area (Å²) in [6, 6.07) is 4.69. The molecule has 0 bridgehead atoms. The van der Waals surface area contributed by atoms with Crippen molar-refractivity contribution in [2.24, 2.45) is 23.5 Å². The number of hydrogen-bond acceptors (Lipinski definition) is 4. The predicted molar refractivity (Wildman–Crippen MR) is 111 cm³/mol. The van der Waals surface area contributed by atoms with Gasteiger partial charge < -0.3 is 15.2 Å². The summed E-state index contributed by atoms with van der Waals surface area (Å²) in [7, 11) is 0. The smallest absolute Gasteiger partial charge is 0.220 e. The van der Waals surface area contributed by atoms with E-state index in [1.54, 1.807) is 6.07 Å². The average molecular weight is 402 g/mol. The van der Waals surface area contributed by atoms with Crippen LogP contribution in [0, 0.1) is 23.6 Å². The normalized spacial score (nSPS) is 25.3. The van der Waals surface area contributed by atoms with E-state index >= 15 is 0 Å². The predicted octanol–water partition coefficient (Wildman–Crippen LogP) is 4.46. The van der Waals surface area contributed by atoms with Gasteiger partial charge in [-0.25, -0.2) is 4.39 Å².